The minimum atomic E-state index is -0.571. The SMILES string of the molecule is Cc1ccc(C)c(N2CCN(C(=O)c3ccccc3-c3ocnc3C(=O)OC(C)C)CC2)c1. The van der Waals surface area contributed by atoms with Crippen LogP contribution in [0.3, 0.4) is 0 Å². The van der Waals surface area contributed by atoms with Crippen molar-refractivity contribution in [1.29, 1.82) is 0 Å². The first kappa shape index (κ1) is 22.6. The molecule has 0 radical (unpaired) electrons. The van der Waals surface area contributed by atoms with Gasteiger partial charge >= 0.3 is 5.97 Å². The first-order valence-electron chi connectivity index (χ1n) is 11.2. The Morgan fingerprint density at radius 2 is 1.76 bits per heavy atom. The van der Waals surface area contributed by atoms with Crippen LogP contribution in [0.5, 0.6) is 0 Å². The molecule has 1 aliphatic heterocycles. The Hall–Kier alpha value is -3.61. The van der Waals surface area contributed by atoms with Crippen LogP contribution < -0.4 is 4.90 Å². The second-order valence-corrected chi connectivity index (χ2v) is 8.60. The molecule has 172 valence electrons. The number of piperazine rings is 1. The number of carbonyl (C=O) groups excluding carboxylic acids is 2. The van der Waals surface area contributed by atoms with Gasteiger partial charge in [0, 0.05) is 37.4 Å². The average molecular weight is 448 g/mol. The summed E-state index contributed by atoms with van der Waals surface area (Å²) in [4.78, 5) is 34.2. The van der Waals surface area contributed by atoms with Crippen molar-refractivity contribution >= 4 is 17.6 Å². The van der Waals surface area contributed by atoms with Crippen LogP contribution in [0.4, 0.5) is 5.69 Å². The van der Waals surface area contributed by atoms with Gasteiger partial charge in [-0.25, -0.2) is 9.78 Å². The molecular formula is C26H29N3O4. The number of aromatic nitrogens is 1. The van der Waals surface area contributed by atoms with Gasteiger partial charge in [0.25, 0.3) is 5.91 Å². The van der Waals surface area contributed by atoms with E-state index in [4.69, 9.17) is 9.15 Å². The van der Waals surface area contributed by atoms with E-state index in [2.05, 4.69) is 41.9 Å². The summed E-state index contributed by atoms with van der Waals surface area (Å²) in [6.07, 6.45) is 0.920. The number of rotatable bonds is 5. The van der Waals surface area contributed by atoms with Crippen molar-refractivity contribution in [1.82, 2.24) is 9.88 Å². The highest BCUT2D eigenvalue weighted by Crippen LogP contribution is 2.29. The molecule has 0 saturated carbocycles. The number of anilines is 1. The lowest BCUT2D eigenvalue weighted by molar-refractivity contribution is 0.0371. The van der Waals surface area contributed by atoms with Crippen LogP contribution in [0.25, 0.3) is 11.3 Å². The predicted octanol–water partition coefficient (Wildman–Crippen LogP) is 4.49. The van der Waals surface area contributed by atoms with Crippen LogP contribution in [0.2, 0.25) is 0 Å². The maximum Gasteiger partial charge on any atom is 0.361 e. The Morgan fingerprint density at radius 3 is 2.48 bits per heavy atom. The van der Waals surface area contributed by atoms with Gasteiger partial charge in [-0.2, -0.15) is 0 Å². The second-order valence-electron chi connectivity index (χ2n) is 8.60. The van der Waals surface area contributed by atoms with E-state index in [-0.39, 0.29) is 23.5 Å². The van der Waals surface area contributed by atoms with Gasteiger partial charge in [-0.15, -0.1) is 0 Å². The maximum atomic E-state index is 13.5. The van der Waals surface area contributed by atoms with Crippen molar-refractivity contribution in [3.8, 4) is 11.3 Å². The van der Waals surface area contributed by atoms with Crippen molar-refractivity contribution in [3.63, 3.8) is 0 Å². The third-order valence-corrected chi connectivity index (χ3v) is 5.78. The van der Waals surface area contributed by atoms with E-state index in [0.717, 1.165) is 13.1 Å². The van der Waals surface area contributed by atoms with Crippen LogP contribution in [0, 0.1) is 13.8 Å². The molecule has 0 bridgehead atoms. The maximum absolute atomic E-state index is 13.5. The van der Waals surface area contributed by atoms with Crippen LogP contribution in [0.1, 0.15) is 45.8 Å². The third-order valence-electron chi connectivity index (χ3n) is 5.78. The minimum Gasteiger partial charge on any atom is -0.458 e. The molecule has 0 atom stereocenters. The van der Waals surface area contributed by atoms with Gasteiger partial charge in [-0.1, -0.05) is 30.3 Å². The molecule has 4 rings (SSSR count). The monoisotopic (exact) mass is 447 g/mol. The van der Waals surface area contributed by atoms with Crippen LogP contribution >= 0.6 is 0 Å². The number of oxazole rings is 1. The van der Waals surface area contributed by atoms with Gasteiger partial charge < -0.3 is 19.0 Å². The fourth-order valence-electron chi connectivity index (χ4n) is 4.10. The third kappa shape index (κ3) is 4.77. The summed E-state index contributed by atoms with van der Waals surface area (Å²) >= 11 is 0. The molecule has 1 aliphatic rings. The highest BCUT2D eigenvalue weighted by Gasteiger charge is 2.28. The average Bonchev–Trinajstić information content (AvgIpc) is 3.30. The zero-order valence-corrected chi connectivity index (χ0v) is 19.5. The van der Waals surface area contributed by atoms with Crippen LogP contribution in [-0.2, 0) is 4.74 Å². The normalized spacial score (nSPS) is 14.0. The second kappa shape index (κ2) is 9.48. The fraction of sp³-hybridized carbons (Fsp3) is 0.346. The van der Waals surface area contributed by atoms with Gasteiger partial charge in [-0.05, 0) is 51.0 Å². The Labute approximate surface area is 194 Å². The van der Waals surface area contributed by atoms with Gasteiger partial charge in [0.1, 0.15) is 0 Å². The van der Waals surface area contributed by atoms with E-state index in [1.54, 1.807) is 26.0 Å². The number of nitrogens with zero attached hydrogens (tertiary/aromatic N) is 3. The van der Waals surface area contributed by atoms with Gasteiger partial charge in [-0.3, -0.25) is 4.79 Å². The zero-order valence-electron chi connectivity index (χ0n) is 19.5. The summed E-state index contributed by atoms with van der Waals surface area (Å²) in [6, 6.07) is 13.6. The number of hydrogen-bond donors (Lipinski definition) is 0. The number of carbonyl (C=O) groups is 2. The number of esters is 1. The number of hydrogen-bond acceptors (Lipinski definition) is 6. The van der Waals surface area contributed by atoms with Crippen molar-refractivity contribution in [2.75, 3.05) is 31.1 Å². The molecule has 7 nitrogen and oxygen atoms in total. The molecule has 1 amide bonds. The first-order chi connectivity index (χ1) is 15.8. The molecule has 0 spiro atoms. The lowest BCUT2D eigenvalue weighted by atomic mass is 10.0. The molecule has 1 fully saturated rings. The molecule has 0 unspecified atom stereocenters. The molecular weight excluding hydrogens is 418 g/mol. The topological polar surface area (TPSA) is 75.9 Å². The Kier molecular flexibility index (Phi) is 6.49. The molecule has 3 aromatic rings. The first-order valence-corrected chi connectivity index (χ1v) is 11.2. The fourth-order valence-corrected chi connectivity index (χ4v) is 4.10. The highest BCUT2D eigenvalue weighted by atomic mass is 16.5. The largest absolute Gasteiger partial charge is 0.458 e. The van der Waals surface area contributed by atoms with Gasteiger partial charge in [0.05, 0.1) is 11.7 Å². The lowest BCUT2D eigenvalue weighted by Gasteiger charge is -2.37. The summed E-state index contributed by atoms with van der Waals surface area (Å²) in [5.41, 5.74) is 4.76. The summed E-state index contributed by atoms with van der Waals surface area (Å²) in [6.45, 7) is 10.5. The molecule has 1 aromatic heterocycles. The zero-order chi connectivity index (χ0) is 23.5. The predicted molar refractivity (Wildman–Crippen MR) is 127 cm³/mol. The van der Waals surface area contributed by atoms with Crippen molar-refractivity contribution in [3.05, 3.63) is 71.2 Å². The summed E-state index contributed by atoms with van der Waals surface area (Å²) < 4.78 is 10.8. The molecule has 2 heterocycles. The van der Waals surface area contributed by atoms with Crippen molar-refractivity contribution < 1.29 is 18.7 Å². The van der Waals surface area contributed by atoms with E-state index >= 15 is 0 Å². The van der Waals surface area contributed by atoms with Crippen molar-refractivity contribution in [2.45, 2.75) is 33.8 Å². The van der Waals surface area contributed by atoms with Gasteiger partial charge in [0.15, 0.2) is 17.8 Å². The van der Waals surface area contributed by atoms with Crippen LogP contribution in [0.15, 0.2) is 53.3 Å². The van der Waals surface area contributed by atoms with Gasteiger partial charge in [0.2, 0.25) is 0 Å². The molecule has 7 heteroatoms. The number of amides is 1. The quantitative estimate of drug-likeness (QED) is 0.537. The number of aryl methyl sites for hydroxylation is 2. The Morgan fingerprint density at radius 1 is 1.03 bits per heavy atom. The van der Waals surface area contributed by atoms with Crippen molar-refractivity contribution in [2.24, 2.45) is 0 Å². The Bertz CT molecular complexity index is 1160. The number of ether oxygens (including phenoxy) is 1. The van der Waals surface area contributed by atoms with E-state index < -0.39 is 5.97 Å². The van der Waals surface area contributed by atoms with E-state index in [1.165, 1.54) is 23.2 Å². The molecule has 0 aliphatic carbocycles. The summed E-state index contributed by atoms with van der Waals surface area (Å²) in [5.74, 6) is -0.414. The molecule has 0 N–H and O–H groups in total. The Balaban J connectivity index is 1.54. The highest BCUT2D eigenvalue weighted by molar-refractivity contribution is 6.03. The smallest absolute Gasteiger partial charge is 0.361 e. The molecule has 2 aromatic carbocycles. The van der Waals surface area contributed by atoms with E-state index in [0.29, 0.717) is 24.2 Å². The molecule has 33 heavy (non-hydrogen) atoms. The van der Waals surface area contributed by atoms with E-state index in [9.17, 15) is 9.59 Å². The number of benzene rings is 2. The molecule has 1 saturated heterocycles. The summed E-state index contributed by atoms with van der Waals surface area (Å²) in [5, 5.41) is 0. The van der Waals surface area contributed by atoms with Crippen LogP contribution in [-0.4, -0.2) is 54.0 Å². The standard InChI is InChI=1S/C26H29N3O4/c1-17(2)33-26(31)23-24(32-16-27-23)20-7-5-6-8-21(20)25(30)29-13-11-28(12-14-29)22-15-18(3)9-10-19(22)4/h5-10,15-17H,11-14H2,1-4H3. The minimum absolute atomic E-state index is 0.0729. The van der Waals surface area contributed by atoms with E-state index in [1.807, 2.05) is 17.0 Å². The summed E-state index contributed by atoms with van der Waals surface area (Å²) in [7, 11) is 0. The lowest BCUT2D eigenvalue weighted by Crippen LogP contribution is -2.49.